The highest BCUT2D eigenvalue weighted by Gasteiger charge is 2.25. The summed E-state index contributed by atoms with van der Waals surface area (Å²) in [6.07, 6.45) is 8.93. The first kappa shape index (κ1) is 20.1. The van der Waals surface area contributed by atoms with Crippen molar-refractivity contribution in [3.63, 3.8) is 0 Å². The highest BCUT2D eigenvalue weighted by atomic mass is 16.5. The van der Waals surface area contributed by atoms with E-state index in [0.29, 0.717) is 17.2 Å². The van der Waals surface area contributed by atoms with Crippen LogP contribution in [0.3, 0.4) is 0 Å². The van der Waals surface area contributed by atoms with Crippen LogP contribution in [-0.2, 0) is 0 Å². The van der Waals surface area contributed by atoms with Crippen LogP contribution in [0.15, 0.2) is 42.7 Å². The van der Waals surface area contributed by atoms with E-state index in [1.54, 1.807) is 38.8 Å². The van der Waals surface area contributed by atoms with Crippen LogP contribution in [-0.4, -0.2) is 49.5 Å². The first-order valence-corrected chi connectivity index (χ1v) is 9.77. The molecule has 0 saturated carbocycles. The normalized spacial score (nSPS) is 15.7. The Morgan fingerprint density at radius 2 is 1.82 bits per heavy atom. The molecule has 2 heterocycles. The molecule has 5 nitrogen and oxygen atoms in total. The molecule has 0 aliphatic carbocycles. The predicted octanol–water partition coefficient (Wildman–Crippen LogP) is 4.19. The molecule has 1 fully saturated rings. The van der Waals surface area contributed by atoms with Crippen LogP contribution in [0.5, 0.6) is 11.5 Å². The van der Waals surface area contributed by atoms with Crippen LogP contribution < -0.4 is 9.47 Å². The van der Waals surface area contributed by atoms with E-state index in [2.05, 4.69) is 16.8 Å². The zero-order chi connectivity index (χ0) is 19.9. The summed E-state index contributed by atoms with van der Waals surface area (Å²) in [6, 6.07) is 7.53. The Hall–Kier alpha value is -2.66. The number of ether oxygens (including phenoxy) is 2. The number of methoxy groups -OCH3 is 2. The molecule has 1 aromatic carbocycles. The topological polar surface area (TPSA) is 51.7 Å². The maximum atomic E-state index is 12.9. The minimum absolute atomic E-state index is 0.0800. The van der Waals surface area contributed by atoms with Crippen LogP contribution in [0.4, 0.5) is 0 Å². The number of benzene rings is 1. The third kappa shape index (κ3) is 4.60. The van der Waals surface area contributed by atoms with E-state index in [-0.39, 0.29) is 5.78 Å². The minimum atomic E-state index is -0.0800. The van der Waals surface area contributed by atoms with Crippen molar-refractivity contribution >= 4 is 11.9 Å². The van der Waals surface area contributed by atoms with Crippen molar-refractivity contribution in [3.8, 4) is 11.5 Å². The van der Waals surface area contributed by atoms with Gasteiger partial charge in [-0.15, -0.1) is 0 Å². The zero-order valence-corrected chi connectivity index (χ0v) is 16.9. The molecule has 0 bridgehead atoms. The van der Waals surface area contributed by atoms with E-state index in [9.17, 15) is 4.79 Å². The van der Waals surface area contributed by atoms with Gasteiger partial charge in [0.25, 0.3) is 0 Å². The summed E-state index contributed by atoms with van der Waals surface area (Å²) in [7, 11) is 3.25. The molecule has 0 amide bonds. The van der Waals surface area contributed by atoms with Gasteiger partial charge >= 0.3 is 0 Å². The number of hydrogen-bond donors (Lipinski definition) is 0. The van der Waals surface area contributed by atoms with Crippen molar-refractivity contribution in [1.29, 1.82) is 0 Å². The second-order valence-corrected chi connectivity index (χ2v) is 6.98. The number of rotatable bonds is 7. The van der Waals surface area contributed by atoms with E-state index in [1.807, 2.05) is 24.3 Å². The van der Waals surface area contributed by atoms with E-state index in [4.69, 9.17) is 9.47 Å². The average molecular weight is 380 g/mol. The molecule has 0 N–H and O–H groups in total. The summed E-state index contributed by atoms with van der Waals surface area (Å²) in [6.45, 7) is 5.42. The lowest BCUT2D eigenvalue weighted by Crippen LogP contribution is -2.32. The molecule has 28 heavy (non-hydrogen) atoms. The van der Waals surface area contributed by atoms with Crippen LogP contribution >= 0.6 is 0 Å². The standard InChI is InChI=1S/C23H28N2O3/c1-4-25-13-9-18(10-14-25)19-15-20(23(28-3)16-22(19)27-2)21(26)6-5-17-7-11-24-12-8-17/h5-8,11-12,15-16,18H,4,9-10,13-14H2,1-3H3/b6-5+. The number of piperidine rings is 1. The van der Waals surface area contributed by atoms with Crippen molar-refractivity contribution in [2.24, 2.45) is 0 Å². The van der Waals surface area contributed by atoms with Crippen LogP contribution in [0, 0.1) is 0 Å². The Labute approximate surface area is 167 Å². The maximum absolute atomic E-state index is 12.9. The molecule has 1 saturated heterocycles. The zero-order valence-electron chi connectivity index (χ0n) is 16.9. The van der Waals surface area contributed by atoms with Gasteiger partial charge in [-0.25, -0.2) is 0 Å². The lowest BCUT2D eigenvalue weighted by atomic mass is 9.87. The Morgan fingerprint density at radius 3 is 2.43 bits per heavy atom. The first-order chi connectivity index (χ1) is 13.7. The summed E-state index contributed by atoms with van der Waals surface area (Å²) in [5, 5.41) is 0. The number of carbonyl (C=O) groups is 1. The molecule has 1 aromatic heterocycles. The second-order valence-electron chi connectivity index (χ2n) is 6.98. The van der Waals surface area contributed by atoms with Gasteiger partial charge in [0, 0.05) is 18.5 Å². The Bertz CT molecular complexity index is 825. The van der Waals surface area contributed by atoms with Crippen molar-refractivity contribution < 1.29 is 14.3 Å². The van der Waals surface area contributed by atoms with E-state index in [1.165, 1.54) is 0 Å². The summed E-state index contributed by atoms with van der Waals surface area (Å²) in [4.78, 5) is 19.3. The van der Waals surface area contributed by atoms with Gasteiger partial charge in [0.05, 0.1) is 19.8 Å². The second kappa shape index (κ2) is 9.51. The molecule has 0 atom stereocenters. The molecule has 1 aliphatic heterocycles. The Kier molecular flexibility index (Phi) is 6.82. The number of aromatic nitrogens is 1. The third-order valence-corrected chi connectivity index (χ3v) is 5.43. The molecule has 0 radical (unpaired) electrons. The molecule has 0 spiro atoms. The number of ketones is 1. The van der Waals surface area contributed by atoms with Gasteiger partial charge in [0.1, 0.15) is 11.5 Å². The molecule has 3 rings (SSSR count). The largest absolute Gasteiger partial charge is 0.496 e. The van der Waals surface area contributed by atoms with Gasteiger partial charge in [-0.05, 0) is 73.8 Å². The lowest BCUT2D eigenvalue weighted by molar-refractivity contribution is 0.104. The Balaban J connectivity index is 1.89. The van der Waals surface area contributed by atoms with Crippen LogP contribution in [0.2, 0.25) is 0 Å². The van der Waals surface area contributed by atoms with Crippen molar-refractivity contribution in [1.82, 2.24) is 9.88 Å². The lowest BCUT2D eigenvalue weighted by Gasteiger charge is -2.32. The smallest absolute Gasteiger partial charge is 0.189 e. The average Bonchev–Trinajstić information content (AvgIpc) is 2.77. The van der Waals surface area contributed by atoms with Crippen molar-refractivity contribution in [2.75, 3.05) is 33.9 Å². The number of carbonyl (C=O) groups excluding carboxylic acids is 1. The molecule has 1 aliphatic rings. The van der Waals surface area contributed by atoms with Crippen molar-refractivity contribution in [2.45, 2.75) is 25.7 Å². The summed E-state index contributed by atoms with van der Waals surface area (Å²) >= 11 is 0. The fraction of sp³-hybridized carbons (Fsp3) is 0.391. The first-order valence-electron chi connectivity index (χ1n) is 9.77. The van der Waals surface area contributed by atoms with Crippen LogP contribution in [0.25, 0.3) is 6.08 Å². The van der Waals surface area contributed by atoms with Gasteiger partial charge in [0.2, 0.25) is 0 Å². The van der Waals surface area contributed by atoms with Gasteiger partial charge in [-0.1, -0.05) is 13.0 Å². The molecule has 2 aromatic rings. The number of nitrogens with zero attached hydrogens (tertiary/aromatic N) is 2. The monoisotopic (exact) mass is 380 g/mol. The fourth-order valence-corrected chi connectivity index (χ4v) is 3.73. The molecular formula is C23H28N2O3. The summed E-state index contributed by atoms with van der Waals surface area (Å²) in [5.74, 6) is 1.64. The molecule has 5 heteroatoms. The minimum Gasteiger partial charge on any atom is -0.496 e. The number of hydrogen-bond acceptors (Lipinski definition) is 5. The van der Waals surface area contributed by atoms with E-state index < -0.39 is 0 Å². The molecule has 148 valence electrons. The number of pyridine rings is 1. The number of allylic oxidation sites excluding steroid dienone is 1. The molecular weight excluding hydrogens is 352 g/mol. The summed E-state index contributed by atoms with van der Waals surface area (Å²) < 4.78 is 11.1. The SMILES string of the molecule is CCN1CCC(c2cc(C(=O)/C=C/c3ccncc3)c(OC)cc2OC)CC1. The highest BCUT2D eigenvalue weighted by molar-refractivity contribution is 6.09. The van der Waals surface area contributed by atoms with Gasteiger partial charge in [-0.3, -0.25) is 9.78 Å². The number of likely N-dealkylation sites (tertiary alicyclic amines) is 1. The third-order valence-electron chi connectivity index (χ3n) is 5.43. The fourth-order valence-electron chi connectivity index (χ4n) is 3.73. The Morgan fingerprint density at radius 1 is 1.14 bits per heavy atom. The van der Waals surface area contributed by atoms with Gasteiger partial charge in [-0.2, -0.15) is 0 Å². The molecule has 0 unspecified atom stereocenters. The quantitative estimate of drug-likeness (QED) is 0.532. The van der Waals surface area contributed by atoms with E-state index >= 15 is 0 Å². The highest BCUT2D eigenvalue weighted by Crippen LogP contribution is 2.38. The van der Waals surface area contributed by atoms with E-state index in [0.717, 1.165) is 49.4 Å². The maximum Gasteiger partial charge on any atom is 0.189 e. The van der Waals surface area contributed by atoms with Gasteiger partial charge < -0.3 is 14.4 Å². The predicted molar refractivity (Wildman–Crippen MR) is 111 cm³/mol. The van der Waals surface area contributed by atoms with Crippen molar-refractivity contribution in [3.05, 3.63) is 59.4 Å². The van der Waals surface area contributed by atoms with Crippen LogP contribution in [0.1, 0.15) is 47.2 Å². The van der Waals surface area contributed by atoms with Gasteiger partial charge in [0.15, 0.2) is 5.78 Å². The summed E-state index contributed by atoms with van der Waals surface area (Å²) in [5.41, 5.74) is 2.60.